The molecule has 150 valence electrons. The molecule has 1 heterocycles. The number of nitrogens with one attached hydrogen (secondary N) is 1. The summed E-state index contributed by atoms with van der Waals surface area (Å²) in [5, 5.41) is 12.1. The van der Waals surface area contributed by atoms with Crippen molar-refractivity contribution in [3.8, 4) is 11.5 Å². The van der Waals surface area contributed by atoms with Crippen LogP contribution in [0.3, 0.4) is 0 Å². The molecule has 2 aromatic rings. The lowest BCUT2D eigenvalue weighted by Gasteiger charge is -2.12. The van der Waals surface area contributed by atoms with Crippen LogP contribution in [0.1, 0.15) is 11.1 Å². The Hall–Kier alpha value is -2.53. The van der Waals surface area contributed by atoms with E-state index in [0.29, 0.717) is 14.8 Å². The summed E-state index contributed by atoms with van der Waals surface area (Å²) in [6.45, 7) is 1.53. The van der Waals surface area contributed by atoms with Gasteiger partial charge in [0.25, 0.3) is 11.1 Å². The van der Waals surface area contributed by atoms with Crippen LogP contribution in [0, 0.1) is 10.5 Å². The summed E-state index contributed by atoms with van der Waals surface area (Å²) in [5.74, 6) is -0.729. The van der Waals surface area contributed by atoms with Crippen LogP contribution in [0.25, 0.3) is 6.08 Å². The number of halogens is 1. The summed E-state index contributed by atoms with van der Waals surface area (Å²) in [6.07, 6.45) is 1.54. The lowest BCUT2D eigenvalue weighted by atomic mass is 10.2. The van der Waals surface area contributed by atoms with Crippen molar-refractivity contribution >= 4 is 63.2 Å². The first-order chi connectivity index (χ1) is 13.8. The number of hydrogen-bond acceptors (Lipinski definition) is 6. The van der Waals surface area contributed by atoms with E-state index in [9.17, 15) is 19.5 Å². The number of thioether (sulfide) groups is 1. The molecule has 1 aliphatic rings. The molecule has 29 heavy (non-hydrogen) atoms. The van der Waals surface area contributed by atoms with Gasteiger partial charge in [0, 0.05) is 5.69 Å². The highest BCUT2D eigenvalue weighted by molar-refractivity contribution is 14.1. The molecular weight excluding hydrogens is 507 g/mol. The van der Waals surface area contributed by atoms with Gasteiger partial charge in [-0.15, -0.1) is 0 Å². The van der Waals surface area contributed by atoms with Crippen molar-refractivity contribution in [3.05, 3.63) is 56.0 Å². The van der Waals surface area contributed by atoms with Crippen LogP contribution < -0.4 is 10.1 Å². The molecule has 0 aromatic heterocycles. The number of benzene rings is 2. The molecule has 0 spiro atoms. The number of imide groups is 1. The first-order valence-corrected chi connectivity index (χ1v) is 10.4. The number of carbonyl (C=O) groups excluding carboxylic acids is 3. The summed E-state index contributed by atoms with van der Waals surface area (Å²) in [6, 6.07) is 10.5. The summed E-state index contributed by atoms with van der Waals surface area (Å²) in [5.41, 5.74) is 2.18. The topological polar surface area (TPSA) is 95.9 Å². The smallest absolute Gasteiger partial charge is 0.294 e. The van der Waals surface area contributed by atoms with Crippen molar-refractivity contribution in [1.29, 1.82) is 0 Å². The molecule has 0 radical (unpaired) electrons. The number of ether oxygens (including phenoxy) is 1. The highest BCUT2D eigenvalue weighted by Crippen LogP contribution is 2.36. The number of phenols is 1. The zero-order valence-electron chi connectivity index (χ0n) is 15.6. The quantitative estimate of drug-likeness (QED) is 0.454. The third-order valence-electron chi connectivity index (χ3n) is 4.05. The lowest BCUT2D eigenvalue weighted by Crippen LogP contribution is -2.36. The van der Waals surface area contributed by atoms with E-state index in [2.05, 4.69) is 5.32 Å². The van der Waals surface area contributed by atoms with Crippen molar-refractivity contribution in [2.75, 3.05) is 19.0 Å². The number of rotatable bonds is 5. The van der Waals surface area contributed by atoms with Gasteiger partial charge in [-0.3, -0.25) is 19.3 Å². The predicted molar refractivity (Wildman–Crippen MR) is 120 cm³/mol. The molecule has 7 nitrogen and oxygen atoms in total. The normalized spacial score (nSPS) is 15.1. The molecule has 0 unspecified atom stereocenters. The van der Waals surface area contributed by atoms with Gasteiger partial charge in [0.15, 0.2) is 11.5 Å². The summed E-state index contributed by atoms with van der Waals surface area (Å²) < 4.78 is 5.66. The number of phenolic OH excluding ortho intramolecular Hbond substituents is 1. The fourth-order valence-electron chi connectivity index (χ4n) is 2.69. The number of carbonyl (C=O) groups is 3. The molecule has 1 saturated heterocycles. The van der Waals surface area contributed by atoms with Gasteiger partial charge in [-0.2, -0.15) is 0 Å². The van der Waals surface area contributed by atoms with Crippen LogP contribution in [0.15, 0.2) is 41.3 Å². The van der Waals surface area contributed by atoms with Gasteiger partial charge in [-0.05, 0) is 82.7 Å². The maximum atomic E-state index is 12.6. The van der Waals surface area contributed by atoms with E-state index in [1.807, 2.05) is 35.6 Å². The molecule has 0 aliphatic carbocycles. The average molecular weight is 524 g/mol. The van der Waals surface area contributed by atoms with Crippen LogP contribution >= 0.6 is 34.4 Å². The lowest BCUT2D eigenvalue weighted by molar-refractivity contribution is -0.127. The molecular formula is C20H17IN2O5S. The molecule has 0 atom stereocenters. The minimum Gasteiger partial charge on any atom is -0.504 e. The standard InChI is InChI=1S/C20H17IN2O5S/c1-11-4-3-5-13(6-11)22-17(24)10-23-19(26)16(29-20(23)27)9-12-7-14(21)18(25)15(8-12)28-2/h3-9,25H,10H2,1-2H3,(H,22,24)/b16-9+. The van der Waals surface area contributed by atoms with Crippen molar-refractivity contribution in [2.24, 2.45) is 0 Å². The Balaban J connectivity index is 1.75. The average Bonchev–Trinajstić information content (AvgIpc) is 2.92. The number of nitrogens with zero attached hydrogens (tertiary/aromatic N) is 1. The van der Waals surface area contributed by atoms with Crippen molar-refractivity contribution in [3.63, 3.8) is 0 Å². The van der Waals surface area contributed by atoms with Crippen LogP contribution in [-0.4, -0.2) is 40.7 Å². The largest absolute Gasteiger partial charge is 0.504 e. The van der Waals surface area contributed by atoms with E-state index in [-0.39, 0.29) is 22.9 Å². The highest BCUT2D eigenvalue weighted by Gasteiger charge is 2.36. The van der Waals surface area contributed by atoms with E-state index < -0.39 is 17.1 Å². The van der Waals surface area contributed by atoms with Crippen LogP contribution in [-0.2, 0) is 9.59 Å². The van der Waals surface area contributed by atoms with Crippen LogP contribution in [0.5, 0.6) is 11.5 Å². The van der Waals surface area contributed by atoms with Crippen molar-refractivity contribution < 1.29 is 24.2 Å². The third-order valence-corrected chi connectivity index (χ3v) is 5.78. The molecule has 2 N–H and O–H groups in total. The van der Waals surface area contributed by atoms with Gasteiger partial charge in [0.05, 0.1) is 15.6 Å². The van der Waals surface area contributed by atoms with Gasteiger partial charge in [-0.25, -0.2) is 0 Å². The molecule has 2 aromatic carbocycles. The molecule has 9 heteroatoms. The predicted octanol–water partition coefficient (Wildman–Crippen LogP) is 3.99. The third kappa shape index (κ3) is 4.91. The van der Waals surface area contributed by atoms with E-state index >= 15 is 0 Å². The molecule has 0 bridgehead atoms. The summed E-state index contributed by atoms with van der Waals surface area (Å²) >= 11 is 2.71. The van der Waals surface area contributed by atoms with Crippen LogP contribution in [0.2, 0.25) is 0 Å². The molecule has 1 aliphatic heterocycles. The maximum absolute atomic E-state index is 12.6. The van der Waals surface area contributed by atoms with Gasteiger partial charge in [0.1, 0.15) is 6.54 Å². The van der Waals surface area contributed by atoms with E-state index in [1.165, 1.54) is 13.2 Å². The number of aryl methyl sites for hydroxylation is 1. The number of anilines is 1. The fraction of sp³-hybridized carbons (Fsp3) is 0.150. The Morgan fingerprint density at radius 2 is 2.07 bits per heavy atom. The van der Waals surface area contributed by atoms with E-state index in [1.54, 1.807) is 30.3 Å². The van der Waals surface area contributed by atoms with E-state index in [4.69, 9.17) is 4.74 Å². The van der Waals surface area contributed by atoms with E-state index in [0.717, 1.165) is 22.2 Å². The van der Waals surface area contributed by atoms with Crippen molar-refractivity contribution in [1.82, 2.24) is 4.90 Å². The second kappa shape index (κ2) is 8.87. The van der Waals surface area contributed by atoms with Gasteiger partial charge in [-0.1, -0.05) is 12.1 Å². The van der Waals surface area contributed by atoms with Gasteiger partial charge >= 0.3 is 0 Å². The number of aromatic hydroxyl groups is 1. The van der Waals surface area contributed by atoms with Crippen LogP contribution in [0.4, 0.5) is 10.5 Å². The zero-order chi connectivity index (χ0) is 21.1. The first kappa shape index (κ1) is 21.2. The molecule has 3 amide bonds. The maximum Gasteiger partial charge on any atom is 0.294 e. The van der Waals surface area contributed by atoms with Gasteiger partial charge in [0.2, 0.25) is 5.91 Å². The summed E-state index contributed by atoms with van der Waals surface area (Å²) in [4.78, 5) is 38.2. The Bertz CT molecular complexity index is 1040. The molecule has 3 rings (SSSR count). The number of hydrogen-bond donors (Lipinski definition) is 2. The zero-order valence-corrected chi connectivity index (χ0v) is 18.5. The SMILES string of the molecule is COc1cc(/C=C2/SC(=O)N(CC(=O)Nc3cccc(C)c3)C2=O)cc(I)c1O. The Morgan fingerprint density at radius 1 is 1.31 bits per heavy atom. The number of methoxy groups -OCH3 is 1. The molecule has 1 fully saturated rings. The van der Waals surface area contributed by atoms with Gasteiger partial charge < -0.3 is 15.2 Å². The van der Waals surface area contributed by atoms with Crippen molar-refractivity contribution in [2.45, 2.75) is 6.92 Å². The molecule has 0 saturated carbocycles. The Kier molecular flexibility index (Phi) is 6.48. The second-order valence-electron chi connectivity index (χ2n) is 6.24. The Labute approximate surface area is 185 Å². The number of amides is 3. The fourth-order valence-corrected chi connectivity index (χ4v) is 4.15. The highest BCUT2D eigenvalue weighted by atomic mass is 127. The second-order valence-corrected chi connectivity index (χ2v) is 8.39. The minimum absolute atomic E-state index is 0.00572. The monoisotopic (exact) mass is 524 g/mol. The minimum atomic E-state index is -0.540. The first-order valence-electron chi connectivity index (χ1n) is 8.47. The Morgan fingerprint density at radius 3 is 2.76 bits per heavy atom. The summed E-state index contributed by atoms with van der Waals surface area (Å²) in [7, 11) is 1.43.